The maximum Gasteiger partial charge on any atom is 0.469 e. The molecule has 0 unspecified atom stereocenters. The van der Waals surface area contributed by atoms with Crippen LogP contribution in [0.2, 0.25) is 0 Å². The van der Waals surface area contributed by atoms with Gasteiger partial charge in [0, 0.05) is 25.2 Å². The molecule has 1 aliphatic rings. The van der Waals surface area contributed by atoms with Crippen LogP contribution in [0.1, 0.15) is 200 Å². The number of carbonyl (C=O) groups excluding carboxylic acids is 2. The Hall–Kier alpha value is -1.33. The van der Waals surface area contributed by atoms with E-state index in [1.807, 2.05) is 6.08 Å². The van der Waals surface area contributed by atoms with Crippen LogP contribution in [0.25, 0.3) is 0 Å². The molecular weight excluding hydrogens is 723 g/mol. The summed E-state index contributed by atoms with van der Waals surface area (Å²) in [5.41, 5.74) is 0. The van der Waals surface area contributed by atoms with E-state index in [0.29, 0.717) is 25.7 Å². The number of ether oxygens (including phenoxy) is 2. The fourth-order valence-corrected chi connectivity index (χ4v) is 7.89. The van der Waals surface area contributed by atoms with Crippen LogP contribution in [-0.4, -0.2) is 74.7 Å². The lowest BCUT2D eigenvalue weighted by Gasteiger charge is -2.21. The lowest BCUT2D eigenvalue weighted by atomic mass is 9.88. The summed E-state index contributed by atoms with van der Waals surface area (Å²) < 4.78 is 26.4. The molecule has 6 atom stereocenters. The first kappa shape index (κ1) is 51.7. The van der Waals surface area contributed by atoms with Crippen LogP contribution in [0, 0.1) is 11.8 Å². The minimum absolute atomic E-state index is 0.0806. The van der Waals surface area contributed by atoms with Gasteiger partial charge in [0.05, 0.1) is 24.9 Å². The first-order valence-corrected chi connectivity index (χ1v) is 23.8. The van der Waals surface area contributed by atoms with Crippen molar-refractivity contribution in [3.8, 4) is 0 Å². The Morgan fingerprint density at radius 2 is 1.13 bits per heavy atom. The summed E-state index contributed by atoms with van der Waals surface area (Å²) in [6, 6.07) is 0. The van der Waals surface area contributed by atoms with Crippen LogP contribution in [0.4, 0.5) is 0 Å². The van der Waals surface area contributed by atoms with Crippen molar-refractivity contribution in [1.29, 1.82) is 0 Å². The predicted octanol–water partition coefficient (Wildman–Crippen LogP) is 9.79. The Labute approximate surface area is 334 Å². The monoisotopic (exact) mass is 805 g/mol. The molecule has 1 aliphatic carbocycles. The van der Waals surface area contributed by atoms with Crippen molar-refractivity contribution in [3.63, 3.8) is 0 Å². The fourth-order valence-electron chi connectivity index (χ4n) is 7.53. The Kier molecular flexibility index (Phi) is 31.6. The number of phosphoric ester groups is 1. The van der Waals surface area contributed by atoms with Gasteiger partial charge in [0.15, 0.2) is 6.10 Å². The van der Waals surface area contributed by atoms with E-state index in [0.717, 1.165) is 64.2 Å². The van der Waals surface area contributed by atoms with E-state index in [2.05, 4.69) is 18.4 Å². The predicted molar refractivity (Wildman–Crippen MR) is 218 cm³/mol. The first-order valence-electron chi connectivity index (χ1n) is 22.2. The van der Waals surface area contributed by atoms with Crippen LogP contribution >= 0.6 is 7.82 Å². The molecule has 0 amide bonds. The summed E-state index contributed by atoms with van der Waals surface area (Å²) >= 11 is 0. The Bertz CT molecular complexity index is 1020. The summed E-state index contributed by atoms with van der Waals surface area (Å²) in [7, 11) is -4.80. The van der Waals surface area contributed by atoms with Crippen molar-refractivity contribution < 1.29 is 53.3 Å². The highest BCUT2D eigenvalue weighted by Gasteiger charge is 2.39. The number of unbranched alkanes of at least 4 members (excludes halogenated alkanes) is 21. The average Bonchev–Trinajstić information content (AvgIpc) is 3.41. The molecule has 1 saturated carbocycles. The van der Waals surface area contributed by atoms with Gasteiger partial charge in [0.25, 0.3) is 0 Å². The van der Waals surface area contributed by atoms with Gasteiger partial charge in [-0.05, 0) is 31.6 Å². The van der Waals surface area contributed by atoms with Crippen molar-refractivity contribution in [3.05, 3.63) is 12.2 Å². The van der Waals surface area contributed by atoms with Gasteiger partial charge < -0.3 is 34.6 Å². The maximum atomic E-state index is 12.5. The average molecular weight is 805 g/mol. The van der Waals surface area contributed by atoms with Crippen molar-refractivity contribution in [1.82, 2.24) is 0 Å². The second-order valence-electron chi connectivity index (χ2n) is 16.0. The minimum atomic E-state index is -4.80. The summed E-state index contributed by atoms with van der Waals surface area (Å²) in [6.45, 7) is 3.43. The molecule has 1 rings (SSSR count). The number of phosphoric acid groups is 1. The lowest BCUT2D eigenvalue weighted by Crippen LogP contribution is -2.29. The van der Waals surface area contributed by atoms with Crippen LogP contribution in [0.15, 0.2) is 12.2 Å². The normalized spacial score (nSPS) is 19.9. The highest BCUT2D eigenvalue weighted by Crippen LogP contribution is 2.38. The summed E-state index contributed by atoms with van der Waals surface area (Å²) in [5, 5.41) is 31.3. The number of rotatable bonds is 37. The van der Waals surface area contributed by atoms with Crippen molar-refractivity contribution >= 4 is 19.8 Å². The molecule has 5 N–H and O–H groups in total. The third-order valence-electron chi connectivity index (χ3n) is 10.9. The highest BCUT2D eigenvalue weighted by atomic mass is 31.2. The summed E-state index contributed by atoms with van der Waals surface area (Å²) in [5.74, 6) is -1.29. The molecule has 0 aromatic heterocycles. The Balaban J connectivity index is 2.22. The molecule has 0 bridgehead atoms. The zero-order valence-corrected chi connectivity index (χ0v) is 35.6. The SMILES string of the molecule is CCCCCCCCCCCCCCCCCCCC(=O)O[C@H](COC(=O)CCCCCC[C@@H]1[C@@H](/C=C/[C@@H](O)CCCCC)[C@H](O)C[C@@H]1O)COP(=O)(O)O. The molecule has 12 heteroatoms. The van der Waals surface area contributed by atoms with E-state index in [9.17, 15) is 29.5 Å². The fraction of sp³-hybridized carbons (Fsp3) is 0.907. The molecule has 55 heavy (non-hydrogen) atoms. The molecular formula is C43H81O11P. The van der Waals surface area contributed by atoms with Gasteiger partial charge in [-0.15, -0.1) is 0 Å². The van der Waals surface area contributed by atoms with Crippen LogP contribution in [0.3, 0.4) is 0 Å². The third-order valence-corrected chi connectivity index (χ3v) is 11.4. The molecule has 0 aliphatic heterocycles. The summed E-state index contributed by atoms with van der Waals surface area (Å²) in [4.78, 5) is 43.1. The van der Waals surface area contributed by atoms with Crippen molar-refractivity contribution in [2.45, 2.75) is 224 Å². The van der Waals surface area contributed by atoms with Gasteiger partial charge in [-0.1, -0.05) is 167 Å². The first-order chi connectivity index (χ1) is 26.5. The molecule has 11 nitrogen and oxygen atoms in total. The molecule has 0 saturated heterocycles. The number of aliphatic hydroxyl groups excluding tert-OH is 3. The lowest BCUT2D eigenvalue weighted by molar-refractivity contribution is -0.161. The van der Waals surface area contributed by atoms with Crippen LogP contribution in [0.5, 0.6) is 0 Å². The van der Waals surface area contributed by atoms with Crippen molar-refractivity contribution in [2.24, 2.45) is 11.8 Å². The quantitative estimate of drug-likeness (QED) is 0.0175. The minimum Gasteiger partial charge on any atom is -0.462 e. The number of aliphatic hydroxyl groups is 3. The smallest absolute Gasteiger partial charge is 0.462 e. The van der Waals surface area contributed by atoms with Gasteiger partial charge in [0.2, 0.25) is 0 Å². The van der Waals surface area contributed by atoms with E-state index >= 15 is 0 Å². The van der Waals surface area contributed by atoms with Gasteiger partial charge >= 0.3 is 19.8 Å². The molecule has 324 valence electrons. The van der Waals surface area contributed by atoms with Gasteiger partial charge in [-0.2, -0.15) is 0 Å². The Morgan fingerprint density at radius 3 is 1.65 bits per heavy atom. The second kappa shape index (κ2) is 33.6. The largest absolute Gasteiger partial charge is 0.469 e. The molecule has 0 spiro atoms. The molecule has 0 aromatic carbocycles. The van der Waals surface area contributed by atoms with E-state index < -0.39 is 50.8 Å². The molecule has 0 radical (unpaired) electrons. The number of hydrogen-bond donors (Lipinski definition) is 5. The Morgan fingerprint density at radius 1 is 0.655 bits per heavy atom. The molecule has 0 aromatic rings. The number of carbonyl (C=O) groups is 2. The molecule has 1 fully saturated rings. The van der Waals surface area contributed by atoms with Crippen LogP contribution in [-0.2, 0) is 28.2 Å². The number of esters is 2. The van der Waals surface area contributed by atoms with Gasteiger partial charge in [-0.3, -0.25) is 14.1 Å². The van der Waals surface area contributed by atoms with E-state index in [-0.39, 0.29) is 31.3 Å². The zero-order chi connectivity index (χ0) is 40.6. The van der Waals surface area contributed by atoms with E-state index in [1.54, 1.807) is 6.08 Å². The van der Waals surface area contributed by atoms with Crippen LogP contribution < -0.4 is 0 Å². The highest BCUT2D eigenvalue weighted by molar-refractivity contribution is 7.46. The topological polar surface area (TPSA) is 180 Å². The van der Waals surface area contributed by atoms with Crippen molar-refractivity contribution in [2.75, 3.05) is 13.2 Å². The molecule has 0 heterocycles. The third kappa shape index (κ3) is 29.5. The van der Waals surface area contributed by atoms with E-state index in [1.165, 1.54) is 83.5 Å². The second-order valence-corrected chi connectivity index (χ2v) is 17.2. The standard InChI is InChI=1S/C43H81O11P/c1-3-5-7-8-9-10-11-12-13-14-15-16-17-18-19-20-26-30-43(48)54-37(35-53-55(49,50)51)34-52-42(47)29-25-22-21-24-28-38-39(41(46)33-40(38)45)32-31-36(44)27-23-6-4-2/h31-32,36-41,44-46H,3-30,33-35H2,1-2H3,(H2,49,50,51)/b32-31+/t36-,37+,38+,39+,40-,41+/m0/s1. The number of hydrogen-bond acceptors (Lipinski definition) is 9. The maximum absolute atomic E-state index is 12.5. The van der Waals surface area contributed by atoms with E-state index in [4.69, 9.17) is 19.3 Å². The summed E-state index contributed by atoms with van der Waals surface area (Å²) in [6.07, 6.45) is 30.0. The zero-order valence-electron chi connectivity index (χ0n) is 34.7. The van der Waals surface area contributed by atoms with Gasteiger partial charge in [0.1, 0.15) is 6.61 Å². The van der Waals surface area contributed by atoms with Gasteiger partial charge in [-0.25, -0.2) is 4.57 Å².